The summed E-state index contributed by atoms with van der Waals surface area (Å²) in [6.45, 7) is 5.31. The van der Waals surface area contributed by atoms with Crippen molar-refractivity contribution in [2.75, 3.05) is 13.7 Å². The summed E-state index contributed by atoms with van der Waals surface area (Å²) in [5.41, 5.74) is 1.73. The van der Waals surface area contributed by atoms with E-state index in [1.165, 1.54) is 0 Å². The van der Waals surface area contributed by atoms with Crippen molar-refractivity contribution in [3.8, 4) is 17.4 Å². The Balaban J connectivity index is 1.89. The van der Waals surface area contributed by atoms with Crippen molar-refractivity contribution in [2.24, 2.45) is 11.1 Å². The van der Waals surface area contributed by atoms with E-state index in [1.54, 1.807) is 17.7 Å². The highest BCUT2D eigenvalue weighted by Crippen LogP contribution is 2.39. The number of nitrogens with zero attached hydrogens (tertiary/aromatic N) is 2. The van der Waals surface area contributed by atoms with Gasteiger partial charge in [-0.1, -0.05) is 38.1 Å². The highest BCUT2D eigenvalue weighted by atomic mass is 16.5. The number of hydrogen-bond acceptors (Lipinski definition) is 5. The fourth-order valence-corrected chi connectivity index (χ4v) is 3.04. The van der Waals surface area contributed by atoms with Gasteiger partial charge in [0.25, 0.3) is 0 Å². The summed E-state index contributed by atoms with van der Waals surface area (Å²) in [6.07, 6.45) is 0.968. The van der Waals surface area contributed by atoms with Crippen molar-refractivity contribution in [3.63, 3.8) is 0 Å². The molecular weight excluding hydrogens is 344 g/mol. The predicted octanol–water partition coefficient (Wildman–Crippen LogP) is 5.23. The Kier molecular flexibility index (Phi) is 5.64. The zero-order valence-electron chi connectivity index (χ0n) is 15.8. The molecular formula is C21H24N2O4. The minimum absolute atomic E-state index is 0.0613. The molecule has 0 spiro atoms. The largest absolute Gasteiger partial charge is 0.493 e. The van der Waals surface area contributed by atoms with Gasteiger partial charge in [-0.2, -0.15) is 0 Å². The molecule has 1 aromatic heterocycles. The van der Waals surface area contributed by atoms with E-state index in [-0.39, 0.29) is 11.6 Å². The fraction of sp³-hybridized carbons (Fsp3) is 0.333. The Hall–Kier alpha value is -3.02. The molecule has 0 bridgehead atoms. The SMILES string of the molecule is COc1cc(Cn2c(O)c(N=O)c3ccccc32)ccc1OCCC(C)C. The Morgan fingerprint density at radius 3 is 2.63 bits per heavy atom. The molecule has 0 unspecified atom stereocenters. The monoisotopic (exact) mass is 368 g/mol. The van der Waals surface area contributed by atoms with Crippen molar-refractivity contribution >= 4 is 16.6 Å². The van der Waals surface area contributed by atoms with Gasteiger partial charge in [0, 0.05) is 5.39 Å². The number of nitroso groups, excluding NO2 is 1. The quantitative estimate of drug-likeness (QED) is 0.553. The second-order valence-corrected chi connectivity index (χ2v) is 6.88. The number of aromatic hydroxyl groups is 1. The highest BCUT2D eigenvalue weighted by Gasteiger charge is 2.17. The van der Waals surface area contributed by atoms with Crippen molar-refractivity contribution in [1.29, 1.82) is 0 Å². The Bertz CT molecular complexity index is 947. The smallest absolute Gasteiger partial charge is 0.222 e. The van der Waals surface area contributed by atoms with E-state index in [2.05, 4.69) is 19.0 Å². The van der Waals surface area contributed by atoms with Crippen LogP contribution in [0.15, 0.2) is 47.6 Å². The Morgan fingerprint density at radius 2 is 1.93 bits per heavy atom. The minimum Gasteiger partial charge on any atom is -0.493 e. The molecule has 0 aliphatic rings. The van der Waals surface area contributed by atoms with Crippen LogP contribution in [-0.2, 0) is 6.54 Å². The molecule has 0 saturated heterocycles. The number of rotatable bonds is 8. The summed E-state index contributed by atoms with van der Waals surface area (Å²) in [4.78, 5) is 11.1. The number of ether oxygens (including phenoxy) is 2. The van der Waals surface area contributed by atoms with Crippen LogP contribution in [0.1, 0.15) is 25.8 Å². The van der Waals surface area contributed by atoms with Gasteiger partial charge in [0.1, 0.15) is 0 Å². The van der Waals surface area contributed by atoms with Crippen molar-refractivity contribution in [1.82, 2.24) is 4.57 Å². The van der Waals surface area contributed by atoms with E-state index in [0.29, 0.717) is 36.0 Å². The predicted molar refractivity (Wildman–Crippen MR) is 106 cm³/mol. The molecule has 0 aliphatic carbocycles. The van der Waals surface area contributed by atoms with E-state index < -0.39 is 0 Å². The molecule has 0 atom stereocenters. The third-order valence-electron chi connectivity index (χ3n) is 4.53. The molecule has 2 aromatic carbocycles. The minimum atomic E-state index is -0.137. The van der Waals surface area contributed by atoms with Gasteiger partial charge in [-0.15, -0.1) is 4.91 Å². The fourth-order valence-electron chi connectivity index (χ4n) is 3.04. The van der Waals surface area contributed by atoms with Gasteiger partial charge >= 0.3 is 0 Å². The third kappa shape index (κ3) is 3.89. The second kappa shape index (κ2) is 8.12. The van der Waals surface area contributed by atoms with Crippen LogP contribution >= 0.6 is 0 Å². The molecule has 27 heavy (non-hydrogen) atoms. The van der Waals surface area contributed by atoms with Gasteiger partial charge in [0.15, 0.2) is 17.2 Å². The number of fused-ring (bicyclic) bond motifs is 1. The zero-order chi connectivity index (χ0) is 19.4. The number of aromatic nitrogens is 1. The van der Waals surface area contributed by atoms with Crippen LogP contribution < -0.4 is 9.47 Å². The Morgan fingerprint density at radius 1 is 1.15 bits per heavy atom. The summed E-state index contributed by atoms with van der Waals surface area (Å²) in [5.74, 6) is 1.77. The van der Waals surface area contributed by atoms with E-state index in [9.17, 15) is 10.0 Å². The Labute approximate surface area is 158 Å². The molecule has 1 heterocycles. The summed E-state index contributed by atoms with van der Waals surface area (Å²) in [7, 11) is 1.60. The molecule has 3 rings (SSSR count). The number of methoxy groups -OCH3 is 1. The first-order chi connectivity index (χ1) is 13.0. The van der Waals surface area contributed by atoms with Crippen LogP contribution in [0.2, 0.25) is 0 Å². The molecule has 0 saturated carbocycles. The molecule has 3 aromatic rings. The maximum Gasteiger partial charge on any atom is 0.222 e. The highest BCUT2D eigenvalue weighted by molar-refractivity contribution is 5.95. The third-order valence-corrected chi connectivity index (χ3v) is 4.53. The standard InChI is InChI=1S/C21H24N2O4/c1-14(2)10-11-27-18-9-8-15(12-19(18)26-3)13-23-17-7-5-4-6-16(17)20(22-25)21(23)24/h4-9,12,14,24H,10-11,13H2,1-3H3. The number of hydrogen-bond donors (Lipinski definition) is 1. The first-order valence-corrected chi connectivity index (χ1v) is 8.98. The van der Waals surface area contributed by atoms with E-state index in [0.717, 1.165) is 17.5 Å². The van der Waals surface area contributed by atoms with Crippen LogP contribution in [0, 0.1) is 10.8 Å². The lowest BCUT2D eigenvalue weighted by Gasteiger charge is -2.14. The molecule has 6 heteroatoms. The normalized spacial score (nSPS) is 11.1. The van der Waals surface area contributed by atoms with E-state index in [1.807, 2.05) is 36.4 Å². The molecule has 0 amide bonds. The topological polar surface area (TPSA) is 73.0 Å². The average Bonchev–Trinajstić information content (AvgIpc) is 2.93. The van der Waals surface area contributed by atoms with Crippen molar-refractivity contribution < 1.29 is 14.6 Å². The van der Waals surface area contributed by atoms with E-state index >= 15 is 0 Å². The van der Waals surface area contributed by atoms with Crippen LogP contribution in [0.5, 0.6) is 17.4 Å². The van der Waals surface area contributed by atoms with Crippen molar-refractivity contribution in [2.45, 2.75) is 26.8 Å². The second-order valence-electron chi connectivity index (χ2n) is 6.88. The zero-order valence-corrected chi connectivity index (χ0v) is 15.8. The molecule has 6 nitrogen and oxygen atoms in total. The number of benzene rings is 2. The molecule has 142 valence electrons. The van der Waals surface area contributed by atoms with Crippen LogP contribution in [0.25, 0.3) is 10.9 Å². The molecule has 1 N–H and O–H groups in total. The van der Waals surface area contributed by atoms with Gasteiger partial charge < -0.3 is 19.1 Å². The van der Waals surface area contributed by atoms with E-state index in [4.69, 9.17) is 9.47 Å². The maximum atomic E-state index is 11.1. The summed E-state index contributed by atoms with van der Waals surface area (Å²) < 4.78 is 12.9. The average molecular weight is 368 g/mol. The van der Waals surface area contributed by atoms with Gasteiger partial charge in [0.2, 0.25) is 5.88 Å². The van der Waals surface area contributed by atoms with Crippen LogP contribution in [0.3, 0.4) is 0 Å². The summed E-state index contributed by atoms with van der Waals surface area (Å²) in [5, 5.41) is 14.1. The van der Waals surface area contributed by atoms with Gasteiger partial charge in [-0.25, -0.2) is 0 Å². The molecule has 0 aliphatic heterocycles. The number of para-hydroxylation sites is 1. The first-order valence-electron chi connectivity index (χ1n) is 8.98. The van der Waals surface area contributed by atoms with Crippen LogP contribution in [-0.4, -0.2) is 23.4 Å². The maximum absolute atomic E-state index is 11.1. The van der Waals surface area contributed by atoms with Gasteiger partial charge in [0.05, 0.1) is 25.8 Å². The van der Waals surface area contributed by atoms with Crippen molar-refractivity contribution in [3.05, 3.63) is 52.9 Å². The lowest BCUT2D eigenvalue weighted by atomic mass is 10.1. The lowest BCUT2D eigenvalue weighted by molar-refractivity contribution is 0.273. The first kappa shape index (κ1) is 18.8. The van der Waals surface area contributed by atoms with Gasteiger partial charge in [-0.3, -0.25) is 0 Å². The van der Waals surface area contributed by atoms with Gasteiger partial charge in [-0.05, 0) is 41.3 Å². The molecule has 0 fully saturated rings. The molecule has 0 radical (unpaired) electrons. The summed E-state index contributed by atoms with van der Waals surface area (Å²) >= 11 is 0. The lowest BCUT2D eigenvalue weighted by Crippen LogP contribution is -2.04. The van der Waals surface area contributed by atoms with Crippen LogP contribution in [0.4, 0.5) is 5.69 Å². The summed E-state index contributed by atoms with van der Waals surface area (Å²) in [6, 6.07) is 13.0.